The number of carbonyl (C=O) groups excluding carboxylic acids is 1. The summed E-state index contributed by atoms with van der Waals surface area (Å²) in [6.07, 6.45) is 0. The molecular weight excluding hydrogens is 270 g/mol. The van der Waals surface area contributed by atoms with Gasteiger partial charge in [0.1, 0.15) is 0 Å². The standard InChI is InChI=1S/C15H23N3OS/c1-11-14-6-16-5-13(14)8-18(11)9-15(19)17(2)7-12-3-4-20-10-12/h3-4,10-11,13-14,16H,5-9H2,1-2H3. The first kappa shape index (κ1) is 14.0. The van der Waals surface area contributed by atoms with Crippen LogP contribution in [0.4, 0.5) is 0 Å². The van der Waals surface area contributed by atoms with Crippen molar-refractivity contribution < 1.29 is 4.79 Å². The number of amides is 1. The first-order valence-corrected chi connectivity index (χ1v) is 8.29. The minimum absolute atomic E-state index is 0.232. The second-order valence-electron chi connectivity index (χ2n) is 6.13. The van der Waals surface area contributed by atoms with Crippen molar-refractivity contribution in [3.63, 3.8) is 0 Å². The van der Waals surface area contributed by atoms with Crippen molar-refractivity contribution in [1.82, 2.24) is 15.1 Å². The Bertz CT molecular complexity index is 462. The number of likely N-dealkylation sites (N-methyl/N-ethyl adjacent to an activating group) is 1. The van der Waals surface area contributed by atoms with Gasteiger partial charge in [-0.1, -0.05) is 0 Å². The van der Waals surface area contributed by atoms with Crippen LogP contribution < -0.4 is 5.32 Å². The molecule has 20 heavy (non-hydrogen) atoms. The van der Waals surface area contributed by atoms with Gasteiger partial charge in [-0.05, 0) is 54.2 Å². The quantitative estimate of drug-likeness (QED) is 0.907. The average molecular weight is 293 g/mol. The molecule has 2 fully saturated rings. The average Bonchev–Trinajstić information content (AvgIpc) is 3.11. The van der Waals surface area contributed by atoms with Crippen LogP contribution in [0.2, 0.25) is 0 Å². The first-order chi connectivity index (χ1) is 9.65. The van der Waals surface area contributed by atoms with E-state index in [1.807, 2.05) is 11.9 Å². The van der Waals surface area contributed by atoms with E-state index in [1.54, 1.807) is 11.3 Å². The van der Waals surface area contributed by atoms with E-state index in [0.717, 1.165) is 38.0 Å². The van der Waals surface area contributed by atoms with Gasteiger partial charge in [-0.25, -0.2) is 0 Å². The molecule has 110 valence electrons. The lowest BCUT2D eigenvalue weighted by Crippen LogP contribution is -2.41. The van der Waals surface area contributed by atoms with Crippen molar-refractivity contribution in [3.8, 4) is 0 Å². The summed E-state index contributed by atoms with van der Waals surface area (Å²) < 4.78 is 0. The van der Waals surface area contributed by atoms with Gasteiger partial charge in [0.2, 0.25) is 5.91 Å². The third kappa shape index (κ3) is 2.75. The number of hydrogen-bond acceptors (Lipinski definition) is 4. The summed E-state index contributed by atoms with van der Waals surface area (Å²) in [6.45, 7) is 6.85. The molecule has 3 unspecified atom stereocenters. The van der Waals surface area contributed by atoms with Crippen LogP contribution in [-0.4, -0.2) is 55.0 Å². The minimum atomic E-state index is 0.232. The molecule has 4 nitrogen and oxygen atoms in total. The Labute approximate surface area is 124 Å². The predicted octanol–water partition coefficient (Wildman–Crippen LogP) is 1.25. The molecule has 3 rings (SSSR count). The number of fused-ring (bicyclic) bond motifs is 1. The maximum atomic E-state index is 12.4. The highest BCUT2D eigenvalue weighted by molar-refractivity contribution is 7.07. The summed E-state index contributed by atoms with van der Waals surface area (Å²) in [5, 5.41) is 7.63. The molecule has 0 aromatic carbocycles. The van der Waals surface area contributed by atoms with Crippen LogP contribution in [0.25, 0.3) is 0 Å². The fraction of sp³-hybridized carbons (Fsp3) is 0.667. The van der Waals surface area contributed by atoms with Crippen molar-refractivity contribution in [2.45, 2.75) is 19.5 Å². The molecule has 2 saturated heterocycles. The lowest BCUT2D eigenvalue weighted by molar-refractivity contribution is -0.131. The zero-order valence-electron chi connectivity index (χ0n) is 12.2. The highest BCUT2D eigenvalue weighted by Gasteiger charge is 2.42. The number of nitrogens with one attached hydrogen (secondary N) is 1. The lowest BCUT2D eigenvalue weighted by atomic mass is 9.95. The second-order valence-corrected chi connectivity index (χ2v) is 6.91. The van der Waals surface area contributed by atoms with Gasteiger partial charge in [0.05, 0.1) is 6.54 Å². The van der Waals surface area contributed by atoms with Crippen LogP contribution in [0.1, 0.15) is 12.5 Å². The summed E-state index contributed by atoms with van der Waals surface area (Å²) >= 11 is 1.68. The minimum Gasteiger partial charge on any atom is -0.340 e. The van der Waals surface area contributed by atoms with E-state index in [2.05, 4.69) is 34.0 Å². The predicted molar refractivity (Wildman–Crippen MR) is 81.7 cm³/mol. The Hall–Kier alpha value is -0.910. The molecule has 3 atom stereocenters. The molecule has 0 bridgehead atoms. The molecule has 2 aliphatic heterocycles. The smallest absolute Gasteiger partial charge is 0.236 e. The van der Waals surface area contributed by atoms with Gasteiger partial charge >= 0.3 is 0 Å². The van der Waals surface area contributed by atoms with Gasteiger partial charge in [-0.2, -0.15) is 11.3 Å². The molecule has 0 spiro atoms. The van der Waals surface area contributed by atoms with E-state index in [9.17, 15) is 4.79 Å². The molecule has 3 heterocycles. The number of rotatable bonds is 4. The van der Waals surface area contributed by atoms with Crippen LogP contribution in [0.3, 0.4) is 0 Å². The van der Waals surface area contributed by atoms with E-state index < -0.39 is 0 Å². The van der Waals surface area contributed by atoms with Crippen LogP contribution in [0.15, 0.2) is 16.8 Å². The lowest BCUT2D eigenvalue weighted by Gasteiger charge is -2.26. The first-order valence-electron chi connectivity index (χ1n) is 7.35. The van der Waals surface area contributed by atoms with Gasteiger partial charge in [0, 0.05) is 26.2 Å². The fourth-order valence-corrected chi connectivity index (χ4v) is 4.16. The number of carbonyl (C=O) groups is 1. The van der Waals surface area contributed by atoms with Crippen molar-refractivity contribution in [1.29, 1.82) is 0 Å². The van der Waals surface area contributed by atoms with Gasteiger partial charge < -0.3 is 10.2 Å². The van der Waals surface area contributed by atoms with Crippen molar-refractivity contribution >= 4 is 17.2 Å². The second kappa shape index (κ2) is 5.84. The van der Waals surface area contributed by atoms with Crippen molar-refractivity contribution in [2.75, 3.05) is 33.2 Å². The normalized spacial score (nSPS) is 29.6. The number of nitrogens with zero attached hydrogens (tertiary/aromatic N) is 2. The van der Waals surface area contributed by atoms with Crippen molar-refractivity contribution in [3.05, 3.63) is 22.4 Å². The van der Waals surface area contributed by atoms with Crippen LogP contribution in [-0.2, 0) is 11.3 Å². The number of likely N-dealkylation sites (tertiary alicyclic amines) is 1. The molecule has 1 amide bonds. The van der Waals surface area contributed by atoms with E-state index in [0.29, 0.717) is 12.6 Å². The third-order valence-corrected chi connectivity index (χ3v) is 5.55. The monoisotopic (exact) mass is 293 g/mol. The molecule has 5 heteroatoms. The summed E-state index contributed by atoms with van der Waals surface area (Å²) in [6, 6.07) is 2.61. The third-order valence-electron chi connectivity index (χ3n) is 4.82. The summed E-state index contributed by atoms with van der Waals surface area (Å²) in [4.78, 5) is 16.6. The van der Waals surface area contributed by atoms with E-state index in [1.165, 1.54) is 5.56 Å². The molecule has 1 aromatic rings. The summed E-state index contributed by atoms with van der Waals surface area (Å²) in [5.41, 5.74) is 1.22. The topological polar surface area (TPSA) is 35.6 Å². The SMILES string of the molecule is CC1C2CNCC2CN1CC(=O)N(C)Cc1ccsc1. The van der Waals surface area contributed by atoms with Crippen LogP contribution >= 0.6 is 11.3 Å². The Morgan fingerprint density at radius 3 is 3.10 bits per heavy atom. The van der Waals surface area contributed by atoms with E-state index >= 15 is 0 Å². The van der Waals surface area contributed by atoms with Gasteiger partial charge in [-0.3, -0.25) is 9.69 Å². The van der Waals surface area contributed by atoms with E-state index in [-0.39, 0.29) is 5.91 Å². The number of thiophene rings is 1. The van der Waals surface area contributed by atoms with E-state index in [4.69, 9.17) is 0 Å². The highest BCUT2D eigenvalue weighted by atomic mass is 32.1. The molecule has 0 aliphatic carbocycles. The van der Waals surface area contributed by atoms with Crippen LogP contribution in [0.5, 0.6) is 0 Å². The largest absolute Gasteiger partial charge is 0.340 e. The maximum absolute atomic E-state index is 12.4. The summed E-state index contributed by atoms with van der Waals surface area (Å²) in [7, 11) is 1.91. The maximum Gasteiger partial charge on any atom is 0.236 e. The molecule has 0 saturated carbocycles. The molecular formula is C15H23N3OS. The van der Waals surface area contributed by atoms with Crippen molar-refractivity contribution in [2.24, 2.45) is 11.8 Å². The summed E-state index contributed by atoms with van der Waals surface area (Å²) in [5.74, 6) is 1.70. The molecule has 0 radical (unpaired) electrons. The Morgan fingerprint density at radius 1 is 1.55 bits per heavy atom. The Kier molecular flexibility index (Phi) is 4.10. The Morgan fingerprint density at radius 2 is 2.40 bits per heavy atom. The van der Waals surface area contributed by atoms with Gasteiger partial charge in [-0.15, -0.1) is 0 Å². The zero-order valence-corrected chi connectivity index (χ0v) is 13.0. The number of hydrogen-bond donors (Lipinski definition) is 1. The molecule has 2 aliphatic rings. The van der Waals surface area contributed by atoms with Crippen LogP contribution in [0, 0.1) is 11.8 Å². The zero-order chi connectivity index (χ0) is 14.1. The highest BCUT2D eigenvalue weighted by Crippen LogP contribution is 2.31. The van der Waals surface area contributed by atoms with Gasteiger partial charge in [0.15, 0.2) is 0 Å². The van der Waals surface area contributed by atoms with Gasteiger partial charge in [0.25, 0.3) is 0 Å². The molecule has 1 aromatic heterocycles. The molecule has 1 N–H and O–H groups in total. The Balaban J connectivity index is 1.54. The fourth-order valence-electron chi connectivity index (χ4n) is 3.50.